The molecule has 0 fully saturated rings. The minimum absolute atomic E-state index is 0.289. The van der Waals surface area contributed by atoms with Gasteiger partial charge in [0.15, 0.2) is 0 Å². The lowest BCUT2D eigenvalue weighted by Gasteiger charge is -2.04. The molecule has 2 aromatic rings. The normalized spacial score (nSPS) is 10.5. The molecule has 0 saturated heterocycles. The number of hydrogen-bond donors (Lipinski definition) is 1. The number of aryl methyl sites for hydroxylation is 1. The van der Waals surface area contributed by atoms with Crippen LogP contribution in [0.3, 0.4) is 0 Å². The summed E-state index contributed by atoms with van der Waals surface area (Å²) in [6.45, 7) is 2.38. The lowest BCUT2D eigenvalue weighted by Crippen LogP contribution is -2.02. The first-order valence-electron chi connectivity index (χ1n) is 4.68. The van der Waals surface area contributed by atoms with Gasteiger partial charge in [0, 0.05) is 17.4 Å². The van der Waals surface area contributed by atoms with E-state index in [0.29, 0.717) is 17.8 Å². The van der Waals surface area contributed by atoms with Crippen LogP contribution in [0, 0.1) is 12.7 Å². The second-order valence-corrected chi connectivity index (χ2v) is 3.57. The third-order valence-electron chi connectivity index (χ3n) is 2.17. The van der Waals surface area contributed by atoms with E-state index in [1.165, 1.54) is 6.07 Å². The van der Waals surface area contributed by atoms with Crippen LogP contribution in [0.15, 0.2) is 30.6 Å². The Morgan fingerprint density at radius 1 is 1.47 bits per heavy atom. The Bertz CT molecular complexity index is 476. The van der Waals surface area contributed by atoms with Crippen molar-refractivity contribution in [1.82, 2.24) is 9.78 Å². The summed E-state index contributed by atoms with van der Waals surface area (Å²) in [6.07, 6.45) is 3.62. The molecule has 0 amide bonds. The molecular weight excluding hydrogens is 193 g/mol. The number of nitrogen functional groups attached to an aromatic ring is 1. The van der Waals surface area contributed by atoms with Gasteiger partial charge in [-0.05, 0) is 24.6 Å². The third-order valence-corrected chi connectivity index (χ3v) is 2.17. The van der Waals surface area contributed by atoms with E-state index in [4.69, 9.17) is 5.73 Å². The van der Waals surface area contributed by atoms with E-state index < -0.39 is 0 Å². The van der Waals surface area contributed by atoms with Gasteiger partial charge in [0.25, 0.3) is 0 Å². The second kappa shape index (κ2) is 3.73. The summed E-state index contributed by atoms with van der Waals surface area (Å²) < 4.78 is 15.1. The average Bonchev–Trinajstić information content (AvgIpc) is 2.56. The number of rotatable bonds is 2. The highest BCUT2D eigenvalue weighted by Gasteiger charge is 2.03. The molecule has 2 rings (SSSR count). The molecule has 0 aliphatic heterocycles. The molecule has 0 atom stereocenters. The van der Waals surface area contributed by atoms with Gasteiger partial charge < -0.3 is 5.73 Å². The summed E-state index contributed by atoms with van der Waals surface area (Å²) >= 11 is 0. The van der Waals surface area contributed by atoms with E-state index >= 15 is 0 Å². The van der Waals surface area contributed by atoms with Gasteiger partial charge in [0.1, 0.15) is 5.82 Å². The number of benzene rings is 1. The van der Waals surface area contributed by atoms with Crippen molar-refractivity contribution < 1.29 is 4.39 Å². The van der Waals surface area contributed by atoms with E-state index in [1.54, 1.807) is 23.0 Å². The van der Waals surface area contributed by atoms with Crippen molar-refractivity contribution in [2.24, 2.45) is 0 Å². The Morgan fingerprint density at radius 2 is 2.27 bits per heavy atom. The quantitative estimate of drug-likeness (QED) is 0.761. The van der Waals surface area contributed by atoms with Gasteiger partial charge in [-0.25, -0.2) is 4.39 Å². The van der Waals surface area contributed by atoms with E-state index in [1.807, 2.05) is 13.1 Å². The molecule has 1 aromatic carbocycles. The zero-order chi connectivity index (χ0) is 10.8. The smallest absolute Gasteiger partial charge is 0.130 e. The first kappa shape index (κ1) is 9.71. The summed E-state index contributed by atoms with van der Waals surface area (Å²) in [5.74, 6) is -0.289. The SMILES string of the molecule is Cc1cnn(Cc2ccc(N)cc2F)c1. The molecule has 1 aromatic heterocycles. The Morgan fingerprint density at radius 3 is 2.87 bits per heavy atom. The Hall–Kier alpha value is -1.84. The van der Waals surface area contributed by atoms with Crippen molar-refractivity contribution in [3.8, 4) is 0 Å². The lowest BCUT2D eigenvalue weighted by atomic mass is 10.2. The van der Waals surface area contributed by atoms with Crippen molar-refractivity contribution in [1.29, 1.82) is 0 Å². The molecule has 1 heterocycles. The fraction of sp³-hybridized carbons (Fsp3) is 0.182. The van der Waals surface area contributed by atoms with Crippen LogP contribution in [0.1, 0.15) is 11.1 Å². The molecular formula is C11H12FN3. The minimum Gasteiger partial charge on any atom is -0.399 e. The van der Waals surface area contributed by atoms with Crippen molar-refractivity contribution in [2.45, 2.75) is 13.5 Å². The molecule has 2 N–H and O–H groups in total. The van der Waals surface area contributed by atoms with Crippen LogP contribution in [0.2, 0.25) is 0 Å². The predicted octanol–water partition coefficient (Wildman–Crippen LogP) is 1.96. The highest BCUT2D eigenvalue weighted by Crippen LogP contribution is 2.13. The van der Waals surface area contributed by atoms with Crippen LogP contribution in [-0.4, -0.2) is 9.78 Å². The van der Waals surface area contributed by atoms with Gasteiger partial charge in [0.05, 0.1) is 12.7 Å². The van der Waals surface area contributed by atoms with Crippen molar-refractivity contribution in [2.75, 3.05) is 5.73 Å². The first-order valence-corrected chi connectivity index (χ1v) is 4.68. The monoisotopic (exact) mass is 205 g/mol. The molecule has 0 bridgehead atoms. The summed E-state index contributed by atoms with van der Waals surface area (Å²) in [7, 11) is 0. The summed E-state index contributed by atoms with van der Waals surface area (Å²) in [5.41, 5.74) is 7.55. The van der Waals surface area contributed by atoms with Gasteiger partial charge in [-0.2, -0.15) is 5.10 Å². The molecule has 3 nitrogen and oxygen atoms in total. The van der Waals surface area contributed by atoms with Crippen molar-refractivity contribution in [3.05, 3.63) is 47.5 Å². The molecule has 0 aliphatic rings. The first-order chi connectivity index (χ1) is 7.15. The Kier molecular flexibility index (Phi) is 2.41. The lowest BCUT2D eigenvalue weighted by molar-refractivity contribution is 0.585. The maximum Gasteiger partial charge on any atom is 0.130 e. The van der Waals surface area contributed by atoms with Gasteiger partial charge in [-0.15, -0.1) is 0 Å². The number of anilines is 1. The maximum absolute atomic E-state index is 13.4. The number of nitrogens with zero attached hydrogens (tertiary/aromatic N) is 2. The van der Waals surface area contributed by atoms with Crippen LogP contribution in [0.4, 0.5) is 10.1 Å². The Balaban J connectivity index is 2.24. The van der Waals surface area contributed by atoms with Crippen LogP contribution in [-0.2, 0) is 6.54 Å². The average molecular weight is 205 g/mol. The maximum atomic E-state index is 13.4. The van der Waals surface area contributed by atoms with Crippen LogP contribution < -0.4 is 5.73 Å². The Labute approximate surface area is 87.3 Å². The molecule has 0 radical (unpaired) electrons. The highest BCUT2D eigenvalue weighted by atomic mass is 19.1. The summed E-state index contributed by atoms with van der Waals surface area (Å²) in [5, 5.41) is 4.09. The zero-order valence-electron chi connectivity index (χ0n) is 8.44. The molecule has 0 spiro atoms. The largest absolute Gasteiger partial charge is 0.399 e. The van der Waals surface area contributed by atoms with Gasteiger partial charge in [-0.3, -0.25) is 4.68 Å². The number of halogens is 1. The highest BCUT2D eigenvalue weighted by molar-refractivity contribution is 5.40. The predicted molar refractivity (Wildman–Crippen MR) is 56.9 cm³/mol. The van der Waals surface area contributed by atoms with Gasteiger partial charge in [0.2, 0.25) is 0 Å². The second-order valence-electron chi connectivity index (χ2n) is 3.57. The molecule has 0 saturated carbocycles. The van der Waals surface area contributed by atoms with Crippen LogP contribution in [0.5, 0.6) is 0 Å². The van der Waals surface area contributed by atoms with Gasteiger partial charge >= 0.3 is 0 Å². The fourth-order valence-corrected chi connectivity index (χ4v) is 1.42. The van der Waals surface area contributed by atoms with Crippen molar-refractivity contribution >= 4 is 5.69 Å². The number of nitrogens with two attached hydrogens (primary N) is 1. The van der Waals surface area contributed by atoms with Crippen LogP contribution in [0.25, 0.3) is 0 Å². The van der Waals surface area contributed by atoms with Crippen LogP contribution >= 0.6 is 0 Å². The van der Waals surface area contributed by atoms with Crippen molar-refractivity contribution in [3.63, 3.8) is 0 Å². The summed E-state index contributed by atoms with van der Waals surface area (Å²) in [4.78, 5) is 0. The van der Waals surface area contributed by atoms with E-state index in [0.717, 1.165) is 5.56 Å². The number of hydrogen-bond acceptors (Lipinski definition) is 2. The molecule has 15 heavy (non-hydrogen) atoms. The van der Waals surface area contributed by atoms with E-state index in [-0.39, 0.29) is 5.82 Å². The molecule has 0 aliphatic carbocycles. The van der Waals surface area contributed by atoms with E-state index in [9.17, 15) is 4.39 Å². The molecule has 4 heteroatoms. The standard InChI is InChI=1S/C11H12FN3/c1-8-5-14-15(6-8)7-9-2-3-10(13)4-11(9)12/h2-6H,7,13H2,1H3. The molecule has 0 unspecified atom stereocenters. The number of aromatic nitrogens is 2. The zero-order valence-corrected chi connectivity index (χ0v) is 8.44. The topological polar surface area (TPSA) is 43.8 Å². The van der Waals surface area contributed by atoms with Gasteiger partial charge in [-0.1, -0.05) is 6.07 Å². The third kappa shape index (κ3) is 2.15. The minimum atomic E-state index is -0.289. The van der Waals surface area contributed by atoms with E-state index in [2.05, 4.69) is 5.10 Å². The molecule has 78 valence electrons. The fourth-order valence-electron chi connectivity index (χ4n) is 1.42. The summed E-state index contributed by atoms with van der Waals surface area (Å²) in [6, 6.07) is 4.70.